The molecule has 0 amide bonds. The number of rotatable bonds is 8. The first-order valence-electron chi connectivity index (χ1n) is 13.3. The third-order valence-corrected chi connectivity index (χ3v) is 7.58. The van der Waals surface area contributed by atoms with Crippen molar-refractivity contribution in [2.45, 2.75) is 52.0 Å². The summed E-state index contributed by atoms with van der Waals surface area (Å²) in [4.78, 5) is 4.66. The summed E-state index contributed by atoms with van der Waals surface area (Å²) in [7, 11) is 0. The number of tetrazole rings is 1. The largest absolute Gasteiger partial charge is 0.416 e. The molecule has 0 bridgehead atoms. The predicted octanol–water partition coefficient (Wildman–Crippen LogP) is 5.98. The molecule has 204 valence electrons. The van der Waals surface area contributed by atoms with Gasteiger partial charge in [0, 0.05) is 25.7 Å². The highest BCUT2D eigenvalue weighted by atomic mass is 19.4. The van der Waals surface area contributed by atoms with Crippen LogP contribution in [0, 0.1) is 13.8 Å². The van der Waals surface area contributed by atoms with Crippen molar-refractivity contribution in [3.8, 4) is 5.69 Å². The van der Waals surface area contributed by atoms with Gasteiger partial charge in [-0.1, -0.05) is 67.6 Å². The Balaban J connectivity index is 1.56. The molecule has 6 nitrogen and oxygen atoms in total. The van der Waals surface area contributed by atoms with E-state index in [2.05, 4.69) is 37.5 Å². The Morgan fingerprint density at radius 1 is 0.974 bits per heavy atom. The normalized spacial score (nSPS) is 17.2. The van der Waals surface area contributed by atoms with Crippen LogP contribution in [-0.4, -0.2) is 55.7 Å². The summed E-state index contributed by atoms with van der Waals surface area (Å²) in [6.07, 6.45) is -3.54. The van der Waals surface area contributed by atoms with Gasteiger partial charge >= 0.3 is 6.18 Å². The number of hydrogen-bond acceptors (Lipinski definition) is 5. The molecule has 0 saturated carbocycles. The van der Waals surface area contributed by atoms with Gasteiger partial charge in [-0.15, -0.1) is 5.10 Å². The maximum Gasteiger partial charge on any atom is 0.416 e. The van der Waals surface area contributed by atoms with E-state index in [-0.39, 0.29) is 6.04 Å². The molecule has 0 unspecified atom stereocenters. The summed E-state index contributed by atoms with van der Waals surface area (Å²) < 4.78 is 43.1. The molecule has 1 aliphatic rings. The molecule has 1 fully saturated rings. The zero-order valence-corrected chi connectivity index (χ0v) is 22.4. The van der Waals surface area contributed by atoms with Crippen molar-refractivity contribution in [3.63, 3.8) is 0 Å². The first kappa shape index (κ1) is 27.0. The summed E-state index contributed by atoms with van der Waals surface area (Å²) in [6, 6.07) is 21.4. The van der Waals surface area contributed by atoms with Crippen molar-refractivity contribution >= 4 is 0 Å². The molecular weight excluding hydrogens is 501 g/mol. The highest BCUT2D eigenvalue weighted by Gasteiger charge is 2.38. The van der Waals surface area contributed by atoms with E-state index in [1.54, 1.807) is 10.7 Å². The summed E-state index contributed by atoms with van der Waals surface area (Å²) in [5.74, 6) is 0.509. The molecule has 0 radical (unpaired) electrons. The van der Waals surface area contributed by atoms with Crippen LogP contribution < -0.4 is 0 Å². The number of benzene rings is 3. The fraction of sp³-hybridized carbons (Fsp3) is 0.367. The topological polar surface area (TPSA) is 50.1 Å². The molecule has 3 aromatic carbocycles. The van der Waals surface area contributed by atoms with Crippen molar-refractivity contribution < 1.29 is 13.2 Å². The first-order valence-corrected chi connectivity index (χ1v) is 13.3. The monoisotopic (exact) mass is 534 g/mol. The molecule has 5 rings (SSSR count). The SMILES string of the molecule is CCN([C@@H]1CCN(Cc2ccccc2)C1)[C@H](c1cccc(C(F)(F)F)c1)c1nnnn1-c1c(C)cccc1C. The van der Waals surface area contributed by atoms with E-state index >= 15 is 0 Å². The van der Waals surface area contributed by atoms with Gasteiger partial charge in [-0.2, -0.15) is 17.9 Å². The molecule has 39 heavy (non-hydrogen) atoms. The van der Waals surface area contributed by atoms with Gasteiger partial charge in [0.2, 0.25) is 0 Å². The van der Waals surface area contributed by atoms with Crippen LogP contribution in [0.15, 0.2) is 72.8 Å². The van der Waals surface area contributed by atoms with Gasteiger partial charge in [-0.3, -0.25) is 9.80 Å². The fourth-order valence-electron chi connectivity index (χ4n) is 5.76. The minimum absolute atomic E-state index is 0.126. The first-order chi connectivity index (χ1) is 18.8. The molecule has 9 heteroatoms. The summed E-state index contributed by atoms with van der Waals surface area (Å²) >= 11 is 0. The van der Waals surface area contributed by atoms with E-state index in [4.69, 9.17) is 0 Å². The van der Waals surface area contributed by atoms with Crippen LogP contribution in [0.2, 0.25) is 0 Å². The van der Waals surface area contributed by atoms with Crippen LogP contribution in [0.3, 0.4) is 0 Å². The second kappa shape index (κ2) is 11.3. The Kier molecular flexibility index (Phi) is 7.81. The summed E-state index contributed by atoms with van der Waals surface area (Å²) in [5, 5.41) is 12.8. The van der Waals surface area contributed by atoms with Crippen molar-refractivity contribution in [2.75, 3.05) is 19.6 Å². The van der Waals surface area contributed by atoms with Crippen LogP contribution in [0.25, 0.3) is 5.69 Å². The fourth-order valence-corrected chi connectivity index (χ4v) is 5.76. The molecule has 1 aromatic heterocycles. The van der Waals surface area contributed by atoms with Crippen LogP contribution in [0.5, 0.6) is 0 Å². The molecule has 1 saturated heterocycles. The van der Waals surface area contributed by atoms with Gasteiger partial charge < -0.3 is 0 Å². The van der Waals surface area contributed by atoms with E-state index in [1.165, 1.54) is 17.7 Å². The van der Waals surface area contributed by atoms with E-state index in [9.17, 15) is 13.2 Å². The Bertz CT molecular complexity index is 1380. The lowest BCUT2D eigenvalue weighted by molar-refractivity contribution is -0.137. The van der Waals surface area contributed by atoms with Crippen LogP contribution in [-0.2, 0) is 12.7 Å². The number of para-hydroxylation sites is 1. The van der Waals surface area contributed by atoms with Gasteiger partial charge in [0.05, 0.1) is 17.3 Å². The Morgan fingerprint density at radius 3 is 2.38 bits per heavy atom. The van der Waals surface area contributed by atoms with Gasteiger partial charge in [0.1, 0.15) is 0 Å². The van der Waals surface area contributed by atoms with Crippen molar-refractivity contribution in [2.24, 2.45) is 0 Å². The van der Waals surface area contributed by atoms with E-state index in [0.717, 1.165) is 48.9 Å². The van der Waals surface area contributed by atoms with Crippen LogP contribution in [0.1, 0.15) is 53.0 Å². The lowest BCUT2D eigenvalue weighted by Crippen LogP contribution is -2.41. The zero-order valence-electron chi connectivity index (χ0n) is 22.4. The number of aryl methyl sites for hydroxylation is 2. The molecule has 0 aliphatic carbocycles. The third-order valence-electron chi connectivity index (χ3n) is 7.58. The maximum atomic E-state index is 13.8. The second-order valence-electron chi connectivity index (χ2n) is 10.2. The molecule has 0 spiro atoms. The molecule has 2 heterocycles. The molecule has 4 aromatic rings. The molecule has 2 atom stereocenters. The number of likely N-dealkylation sites (N-methyl/N-ethyl adjacent to an activating group) is 1. The molecular formula is C30H33F3N6. The smallest absolute Gasteiger partial charge is 0.297 e. The lowest BCUT2D eigenvalue weighted by atomic mass is 9.99. The number of likely N-dealkylation sites (tertiary alicyclic amines) is 1. The van der Waals surface area contributed by atoms with Gasteiger partial charge in [-0.25, -0.2) is 0 Å². The summed E-state index contributed by atoms with van der Waals surface area (Å²) in [6.45, 7) is 9.21. The highest BCUT2D eigenvalue weighted by molar-refractivity contribution is 5.47. The van der Waals surface area contributed by atoms with Crippen molar-refractivity contribution in [1.82, 2.24) is 30.0 Å². The minimum Gasteiger partial charge on any atom is -0.297 e. The number of alkyl halides is 3. The number of nitrogens with zero attached hydrogens (tertiary/aromatic N) is 6. The van der Waals surface area contributed by atoms with Gasteiger partial charge in [0.25, 0.3) is 0 Å². The van der Waals surface area contributed by atoms with E-state index in [1.807, 2.05) is 57.2 Å². The lowest BCUT2D eigenvalue weighted by Gasteiger charge is -2.35. The van der Waals surface area contributed by atoms with Crippen molar-refractivity contribution in [3.05, 3.63) is 106 Å². The summed E-state index contributed by atoms with van der Waals surface area (Å²) in [5.41, 5.74) is 3.92. The van der Waals surface area contributed by atoms with E-state index < -0.39 is 17.8 Å². The predicted molar refractivity (Wildman–Crippen MR) is 144 cm³/mol. The second-order valence-corrected chi connectivity index (χ2v) is 10.2. The minimum atomic E-state index is -4.45. The number of halogens is 3. The highest BCUT2D eigenvalue weighted by Crippen LogP contribution is 2.37. The van der Waals surface area contributed by atoms with Gasteiger partial charge in [-0.05, 0) is 71.6 Å². The zero-order chi connectivity index (χ0) is 27.6. The average Bonchev–Trinajstić information content (AvgIpc) is 3.57. The maximum absolute atomic E-state index is 13.8. The average molecular weight is 535 g/mol. The third kappa shape index (κ3) is 5.74. The Hall–Kier alpha value is -3.56. The number of hydrogen-bond donors (Lipinski definition) is 0. The van der Waals surface area contributed by atoms with Crippen LogP contribution in [0.4, 0.5) is 13.2 Å². The Morgan fingerprint density at radius 2 is 1.69 bits per heavy atom. The molecule has 0 N–H and O–H groups in total. The standard InChI is InChI=1S/C30H33F3N6/c1-4-38(26-16-17-37(20-26)19-23-12-6-5-7-13-23)28(24-14-9-15-25(18-24)30(31,32)33)29-34-35-36-39(29)27-21(2)10-8-11-22(27)3/h5-15,18,26,28H,4,16-17,19-20H2,1-3H3/t26-,28-/m1/s1. The quantitative estimate of drug-likeness (QED) is 0.278. The van der Waals surface area contributed by atoms with Crippen LogP contribution >= 0.6 is 0 Å². The number of aromatic nitrogens is 4. The van der Waals surface area contributed by atoms with E-state index in [0.29, 0.717) is 17.9 Å². The van der Waals surface area contributed by atoms with Gasteiger partial charge in [0.15, 0.2) is 5.82 Å². The molecule has 1 aliphatic heterocycles. The Labute approximate surface area is 227 Å². The van der Waals surface area contributed by atoms with Crippen molar-refractivity contribution in [1.29, 1.82) is 0 Å².